The number of nitrogens with two attached hydrogens (primary N) is 1. The molecule has 2 heterocycles. The van der Waals surface area contributed by atoms with E-state index in [1.165, 1.54) is 0 Å². The maximum atomic E-state index is 11.5. The number of rotatable bonds is 5. The molecule has 0 atom stereocenters. The fraction of sp³-hybridized carbons (Fsp3) is 0.643. The van der Waals surface area contributed by atoms with Crippen molar-refractivity contribution >= 4 is 5.91 Å². The smallest absolute Gasteiger partial charge is 0.268 e. The molecule has 0 spiro atoms. The molecule has 1 aliphatic heterocycles. The number of carbonyl (C=O) groups is 1. The first-order valence-electron chi connectivity index (χ1n) is 7.02. The van der Waals surface area contributed by atoms with Crippen molar-refractivity contribution < 1.29 is 19.1 Å². The molecule has 0 unspecified atom stereocenters. The number of nitrogen functional groups attached to an aromatic ring is 1. The van der Waals surface area contributed by atoms with Gasteiger partial charge in [-0.3, -0.25) is 15.1 Å². The molecule has 1 aromatic heterocycles. The number of ether oxygens (including phenoxy) is 1. The van der Waals surface area contributed by atoms with Gasteiger partial charge in [-0.1, -0.05) is 0 Å². The number of aryl methyl sites for hydroxylation is 1. The Labute approximate surface area is 124 Å². The van der Waals surface area contributed by atoms with Crippen LogP contribution in [0, 0.1) is 6.92 Å². The van der Waals surface area contributed by atoms with E-state index in [9.17, 15) is 9.90 Å². The average Bonchev–Trinajstić information content (AvgIpc) is 2.78. The molecule has 7 heteroatoms. The molecular weight excluding hydrogens is 274 g/mol. The van der Waals surface area contributed by atoms with Crippen molar-refractivity contribution in [3.8, 4) is 0 Å². The van der Waals surface area contributed by atoms with E-state index >= 15 is 0 Å². The number of hydrogen-bond acceptors (Lipinski definition) is 6. The van der Waals surface area contributed by atoms with Crippen LogP contribution < -0.4 is 11.3 Å². The highest BCUT2D eigenvalue weighted by Crippen LogP contribution is 2.23. The number of nitrogens with one attached hydrogen (secondary N) is 1. The van der Waals surface area contributed by atoms with Gasteiger partial charge in [-0.2, -0.15) is 0 Å². The number of hydrogen-bond donors (Lipinski definition) is 3. The molecule has 2 rings (SSSR count). The molecule has 4 N–H and O–H groups in total. The number of furan rings is 1. The van der Waals surface area contributed by atoms with Crippen LogP contribution in [0.15, 0.2) is 10.5 Å². The number of carbonyl (C=O) groups excluding carboxylic acids is 1. The van der Waals surface area contributed by atoms with E-state index in [2.05, 4.69) is 5.43 Å². The average molecular weight is 297 g/mol. The number of amides is 1. The molecule has 1 saturated heterocycles. The molecule has 0 aromatic carbocycles. The quantitative estimate of drug-likeness (QED) is 0.407. The molecule has 1 fully saturated rings. The Kier molecular flexibility index (Phi) is 5.00. The fourth-order valence-electron chi connectivity index (χ4n) is 2.66. The second-order valence-corrected chi connectivity index (χ2v) is 5.67. The maximum absolute atomic E-state index is 11.5. The van der Waals surface area contributed by atoms with Crippen LogP contribution in [0.2, 0.25) is 0 Å². The van der Waals surface area contributed by atoms with Gasteiger partial charge < -0.3 is 14.3 Å². The molecule has 1 amide bonds. The summed E-state index contributed by atoms with van der Waals surface area (Å²) in [6.07, 6.45) is 1.27. The number of nitrogens with zero attached hydrogens (tertiary/aromatic N) is 1. The highest BCUT2D eigenvalue weighted by molar-refractivity contribution is 5.94. The molecule has 0 saturated carbocycles. The minimum Gasteiger partial charge on any atom is -0.464 e. The highest BCUT2D eigenvalue weighted by atomic mass is 16.5. The van der Waals surface area contributed by atoms with Crippen molar-refractivity contribution in [2.75, 3.05) is 26.8 Å². The van der Waals surface area contributed by atoms with Gasteiger partial charge in [-0.25, -0.2) is 5.84 Å². The molecule has 1 aromatic rings. The summed E-state index contributed by atoms with van der Waals surface area (Å²) < 4.78 is 10.8. The van der Waals surface area contributed by atoms with Crippen LogP contribution >= 0.6 is 0 Å². The highest BCUT2D eigenvalue weighted by Gasteiger charge is 2.31. The zero-order valence-corrected chi connectivity index (χ0v) is 12.5. The van der Waals surface area contributed by atoms with Crippen molar-refractivity contribution in [2.45, 2.75) is 31.9 Å². The third-order valence-corrected chi connectivity index (χ3v) is 3.76. The van der Waals surface area contributed by atoms with E-state index in [-0.39, 0.29) is 5.91 Å². The standard InChI is InChI=1S/C14H23N3O4/c1-10-12(13(18)16-15)7-11(21-10)8-17(2)9-14(19)3-5-20-6-4-14/h7,19H,3-6,8-9,15H2,1-2H3,(H,16,18). The Bertz CT molecular complexity index is 494. The van der Waals surface area contributed by atoms with E-state index in [0.29, 0.717) is 56.2 Å². The summed E-state index contributed by atoms with van der Waals surface area (Å²) in [5.74, 6) is 5.96. The fourth-order valence-corrected chi connectivity index (χ4v) is 2.66. The van der Waals surface area contributed by atoms with Gasteiger partial charge in [0.25, 0.3) is 5.91 Å². The zero-order valence-electron chi connectivity index (χ0n) is 12.5. The van der Waals surface area contributed by atoms with Gasteiger partial charge >= 0.3 is 0 Å². The lowest BCUT2D eigenvalue weighted by Gasteiger charge is -2.35. The van der Waals surface area contributed by atoms with Crippen LogP contribution in [0.5, 0.6) is 0 Å². The third-order valence-electron chi connectivity index (χ3n) is 3.76. The van der Waals surface area contributed by atoms with Crippen molar-refractivity contribution in [1.82, 2.24) is 10.3 Å². The SMILES string of the molecule is Cc1oc(CN(C)CC2(O)CCOCC2)cc1C(=O)NN. The van der Waals surface area contributed by atoms with Crippen molar-refractivity contribution in [3.05, 3.63) is 23.2 Å². The summed E-state index contributed by atoms with van der Waals surface area (Å²) >= 11 is 0. The minimum atomic E-state index is -0.716. The lowest BCUT2D eigenvalue weighted by atomic mass is 9.94. The van der Waals surface area contributed by atoms with Crippen LogP contribution in [-0.4, -0.2) is 48.3 Å². The van der Waals surface area contributed by atoms with Crippen molar-refractivity contribution in [3.63, 3.8) is 0 Å². The zero-order chi connectivity index (χ0) is 15.5. The van der Waals surface area contributed by atoms with E-state index in [4.69, 9.17) is 15.0 Å². The number of hydrazine groups is 1. The van der Waals surface area contributed by atoms with Gasteiger partial charge in [0.2, 0.25) is 0 Å². The molecule has 0 radical (unpaired) electrons. The van der Waals surface area contributed by atoms with E-state index in [0.717, 1.165) is 0 Å². The predicted octanol–water partition coefficient (Wildman–Crippen LogP) is 0.165. The first kappa shape index (κ1) is 16.0. The van der Waals surface area contributed by atoms with E-state index in [1.807, 2.05) is 11.9 Å². The summed E-state index contributed by atoms with van der Waals surface area (Å²) in [5, 5.41) is 10.5. The van der Waals surface area contributed by atoms with E-state index < -0.39 is 5.60 Å². The second-order valence-electron chi connectivity index (χ2n) is 5.67. The topological polar surface area (TPSA) is 101 Å². The Morgan fingerprint density at radius 1 is 1.52 bits per heavy atom. The van der Waals surface area contributed by atoms with Crippen LogP contribution in [0.1, 0.15) is 34.7 Å². The Morgan fingerprint density at radius 3 is 2.81 bits per heavy atom. The van der Waals surface area contributed by atoms with Crippen molar-refractivity contribution in [2.24, 2.45) is 5.84 Å². The Morgan fingerprint density at radius 2 is 2.19 bits per heavy atom. The van der Waals surface area contributed by atoms with Gasteiger partial charge in [0, 0.05) is 32.6 Å². The van der Waals surface area contributed by atoms with Gasteiger partial charge in [0.15, 0.2) is 0 Å². The summed E-state index contributed by atoms with van der Waals surface area (Å²) in [5.41, 5.74) is 1.81. The largest absolute Gasteiger partial charge is 0.464 e. The first-order chi connectivity index (χ1) is 9.93. The molecule has 21 heavy (non-hydrogen) atoms. The monoisotopic (exact) mass is 297 g/mol. The van der Waals surface area contributed by atoms with Gasteiger partial charge in [-0.15, -0.1) is 0 Å². The molecule has 1 aliphatic rings. The van der Waals surface area contributed by atoms with Crippen LogP contribution in [-0.2, 0) is 11.3 Å². The summed E-state index contributed by atoms with van der Waals surface area (Å²) in [7, 11) is 1.91. The van der Waals surface area contributed by atoms with E-state index in [1.54, 1.807) is 13.0 Å². The molecule has 0 bridgehead atoms. The molecule has 0 aliphatic carbocycles. The minimum absolute atomic E-state index is 0.367. The number of likely N-dealkylation sites (N-methyl/N-ethyl adjacent to an activating group) is 1. The van der Waals surface area contributed by atoms with Crippen LogP contribution in [0.25, 0.3) is 0 Å². The summed E-state index contributed by atoms with van der Waals surface area (Å²) in [6.45, 7) is 3.95. The van der Waals surface area contributed by atoms with Gasteiger partial charge in [0.05, 0.1) is 17.7 Å². The van der Waals surface area contributed by atoms with Gasteiger partial charge in [0.1, 0.15) is 11.5 Å². The lowest BCUT2D eigenvalue weighted by molar-refractivity contribution is -0.0782. The lowest BCUT2D eigenvalue weighted by Crippen LogP contribution is -2.45. The maximum Gasteiger partial charge on any atom is 0.268 e. The van der Waals surface area contributed by atoms with Crippen LogP contribution in [0.4, 0.5) is 0 Å². The first-order valence-corrected chi connectivity index (χ1v) is 7.02. The molecular formula is C14H23N3O4. The second kappa shape index (κ2) is 6.57. The predicted molar refractivity (Wildman–Crippen MR) is 76.4 cm³/mol. The molecule has 118 valence electrons. The Hall–Kier alpha value is -1.41. The summed E-state index contributed by atoms with van der Waals surface area (Å²) in [6, 6.07) is 1.68. The van der Waals surface area contributed by atoms with Gasteiger partial charge in [-0.05, 0) is 20.0 Å². The van der Waals surface area contributed by atoms with Crippen LogP contribution in [0.3, 0.4) is 0 Å². The van der Waals surface area contributed by atoms with Crippen molar-refractivity contribution in [1.29, 1.82) is 0 Å². The normalized spacial score (nSPS) is 18.0. The third kappa shape index (κ3) is 4.04. The summed E-state index contributed by atoms with van der Waals surface area (Å²) in [4.78, 5) is 13.5. The Balaban J connectivity index is 1.96. The number of aliphatic hydroxyl groups is 1. The molecule has 7 nitrogen and oxygen atoms in total.